The van der Waals surface area contributed by atoms with Crippen molar-refractivity contribution < 1.29 is 52.6 Å². The Morgan fingerprint density at radius 2 is 1.40 bits per heavy atom. The normalized spacial score (nSPS) is 27.8. The van der Waals surface area contributed by atoms with Crippen molar-refractivity contribution in [3.63, 3.8) is 0 Å². The van der Waals surface area contributed by atoms with E-state index in [9.17, 15) is 24.0 Å². The van der Waals surface area contributed by atoms with Crippen LogP contribution in [0.2, 0.25) is 0 Å². The molecule has 4 N–H and O–H groups in total. The van der Waals surface area contributed by atoms with Gasteiger partial charge in [-0.1, -0.05) is 88.2 Å². The van der Waals surface area contributed by atoms with Crippen LogP contribution in [0.4, 0.5) is 0 Å². The number of hydrogen-bond donors (Lipinski definition) is 4. The molecule has 4 amide bonds. The Morgan fingerprint density at radius 3 is 2.00 bits per heavy atom. The van der Waals surface area contributed by atoms with E-state index in [4.69, 9.17) is 28.7 Å². The zero-order valence-electron chi connectivity index (χ0n) is 43.5. The van der Waals surface area contributed by atoms with Crippen LogP contribution in [0.3, 0.4) is 0 Å². The number of carbonyl (C=O) groups excluding carboxylic acids is 5. The molecule has 2 fully saturated rings. The van der Waals surface area contributed by atoms with E-state index in [1.807, 2.05) is 0 Å². The van der Waals surface area contributed by atoms with Crippen molar-refractivity contribution in [2.75, 3.05) is 39.3 Å². The van der Waals surface area contributed by atoms with Crippen molar-refractivity contribution in [1.29, 1.82) is 0 Å². The van der Waals surface area contributed by atoms with Crippen LogP contribution in [0.25, 0.3) is 0 Å². The van der Waals surface area contributed by atoms with Crippen molar-refractivity contribution in [1.82, 2.24) is 26.2 Å². The number of amides is 4. The third kappa shape index (κ3) is 13.1. The first-order valence-corrected chi connectivity index (χ1v) is 17.1. The largest absolute Gasteiger partial charge is 0.379 e. The highest BCUT2D eigenvalue weighted by atomic mass is 16.6. The predicted octanol–water partition coefficient (Wildman–Crippen LogP) is 2.58. The molecule has 0 aromatic heterocycles. The number of nitrogens with one attached hydrogen (secondary N) is 4. The second-order valence-electron chi connectivity index (χ2n) is 13.2. The topological polar surface area (TPSA) is 158 Å². The molecule has 2 heterocycles. The minimum Gasteiger partial charge on any atom is -0.379 e. The number of Topliss-reactive ketones (excluding diaryl/α,β-unsaturated/α-hetero) is 1. The Kier molecular flexibility index (Phi) is 9.44. The van der Waals surface area contributed by atoms with Crippen molar-refractivity contribution in [2.45, 2.75) is 96.3 Å². The van der Waals surface area contributed by atoms with Gasteiger partial charge in [0.05, 0.1) is 36.4 Å². The molecule has 2 aromatic rings. The summed E-state index contributed by atoms with van der Waals surface area (Å²) in [6, 6.07) is 8.38. The summed E-state index contributed by atoms with van der Waals surface area (Å²) in [7, 11) is 0. The molecule has 2 saturated heterocycles. The lowest BCUT2D eigenvalue weighted by Gasteiger charge is -2.29. The van der Waals surface area contributed by atoms with E-state index in [1.54, 1.807) is 74.5 Å². The Morgan fingerprint density at radius 1 is 0.827 bits per heavy atom. The molecular weight excluding hydrogens is 662 g/mol. The molecule has 0 saturated carbocycles. The molecule has 2 aromatic carbocycles. The van der Waals surface area contributed by atoms with Gasteiger partial charge in [-0.2, -0.15) is 0 Å². The van der Waals surface area contributed by atoms with Crippen LogP contribution in [0, 0.1) is 11.8 Å². The molecule has 0 radical (unpaired) electrons. The molecule has 0 spiro atoms. The summed E-state index contributed by atoms with van der Waals surface area (Å²) in [5, 5.41) is 9.42. The molecule has 284 valence electrons. The number of carbonyl (C=O) groups is 5. The second-order valence-corrected chi connectivity index (χ2v) is 13.2. The minimum absolute atomic E-state index is 0.0944. The summed E-state index contributed by atoms with van der Waals surface area (Å²) in [5.74, 6) is -9.80. The number of ether oxygens (including phenoxy) is 2. The van der Waals surface area contributed by atoms with Crippen molar-refractivity contribution in [2.24, 2.45) is 11.8 Å². The van der Waals surface area contributed by atoms with E-state index in [-0.39, 0.29) is 25.7 Å². The zero-order chi connectivity index (χ0) is 49.9. The molecule has 0 bridgehead atoms. The fraction of sp³-hybridized carbons (Fsp3) is 0.575. The standard InChI is InChI=1S/C40H57N5O7/c1-27(2)22-32(36(47)40(5)26-52-40)42-39(50)34(24-30-14-10-7-11-15-30)44-38(49)33(23-28(3)4)43-37(48)31(17-16-29-12-8-6-9-13-29)41-35(46)25-45-18-20-51-21-19-45/h6-15,27-28,31-34H,16-26H2,1-5H3,(H,41,46)(H,42,50)(H,43,48)(H,44,49)/t31-,32+,33-,34-,40+/m0/s1/i3D3,4D3,18D2,19D2,26D2,28D,32D. The highest BCUT2D eigenvalue weighted by Crippen LogP contribution is 2.29. The van der Waals surface area contributed by atoms with Gasteiger partial charge in [-0.15, -0.1) is 0 Å². The van der Waals surface area contributed by atoms with Crippen LogP contribution >= 0.6 is 0 Å². The van der Waals surface area contributed by atoms with Crippen LogP contribution in [0.5, 0.6) is 0 Å². The van der Waals surface area contributed by atoms with E-state index in [2.05, 4.69) is 21.3 Å². The van der Waals surface area contributed by atoms with Crippen LogP contribution in [0.1, 0.15) is 84.1 Å². The zero-order valence-corrected chi connectivity index (χ0v) is 29.5. The summed E-state index contributed by atoms with van der Waals surface area (Å²) in [6.07, 6.45) is -2.24. The number of ketones is 1. The van der Waals surface area contributed by atoms with E-state index in [0.29, 0.717) is 16.0 Å². The van der Waals surface area contributed by atoms with E-state index >= 15 is 0 Å². The highest BCUT2D eigenvalue weighted by molar-refractivity contribution is 5.98. The lowest BCUT2D eigenvalue weighted by atomic mass is 9.93. The lowest BCUT2D eigenvalue weighted by molar-refractivity contribution is -0.135. The van der Waals surface area contributed by atoms with E-state index in [1.165, 1.54) is 0 Å². The number of hydrogen-bond acceptors (Lipinski definition) is 8. The molecule has 4 rings (SSSR count). The first-order chi connectivity index (χ1) is 30.2. The van der Waals surface area contributed by atoms with E-state index < -0.39 is 130 Å². The lowest BCUT2D eigenvalue weighted by Crippen LogP contribution is -2.59. The third-order valence-electron chi connectivity index (χ3n) is 8.19. The SMILES string of the molecule is [2H]C1([2H])COCC([2H])([2H])N1CC(=O)N[C@@H](CCc1ccccc1)C(=O)N[C@@H](CC([2H])(C([2H])([2H])[2H])C([2H])([2H])[2H])C(=O)N[C@@H](Cc1ccccc1)C(=O)N[C@]([2H])(CC(C)C)C(=O)[C@]1(C)OC1([2H])[2H]. The first kappa shape index (κ1) is 25.0. The van der Waals surface area contributed by atoms with Gasteiger partial charge in [0.15, 0.2) is 5.78 Å². The minimum atomic E-state index is -3.62. The summed E-state index contributed by atoms with van der Waals surface area (Å²) in [6.45, 7) is -12.3. The summed E-state index contributed by atoms with van der Waals surface area (Å²) in [4.78, 5) is 71.2. The third-order valence-corrected chi connectivity index (χ3v) is 8.19. The number of morpholine rings is 1. The number of epoxide rings is 1. The molecule has 52 heavy (non-hydrogen) atoms. The Labute approximate surface area is 327 Å². The van der Waals surface area contributed by atoms with E-state index in [0.717, 1.165) is 6.92 Å². The maximum Gasteiger partial charge on any atom is 0.243 e. The van der Waals surface area contributed by atoms with Gasteiger partial charge >= 0.3 is 0 Å². The van der Waals surface area contributed by atoms with Gasteiger partial charge in [-0.25, -0.2) is 0 Å². The van der Waals surface area contributed by atoms with Crippen molar-refractivity contribution in [3.05, 3.63) is 71.8 Å². The quantitative estimate of drug-likeness (QED) is 0.151. The smallest absolute Gasteiger partial charge is 0.243 e. The van der Waals surface area contributed by atoms with Crippen LogP contribution in [-0.2, 0) is 46.3 Å². The highest BCUT2D eigenvalue weighted by Gasteiger charge is 2.50. The molecule has 2 aliphatic rings. The predicted molar refractivity (Wildman–Crippen MR) is 198 cm³/mol. The molecule has 12 nitrogen and oxygen atoms in total. The number of aryl methyl sites for hydroxylation is 1. The molecule has 0 unspecified atom stereocenters. The van der Waals surface area contributed by atoms with Gasteiger partial charge in [0.2, 0.25) is 23.6 Å². The Balaban J connectivity index is 1.74. The van der Waals surface area contributed by atoms with Gasteiger partial charge in [0.1, 0.15) is 23.7 Å². The summed E-state index contributed by atoms with van der Waals surface area (Å²) < 4.78 is 125. The van der Waals surface area contributed by atoms with Crippen LogP contribution < -0.4 is 21.3 Å². The van der Waals surface area contributed by atoms with Gasteiger partial charge in [0, 0.05) is 34.5 Å². The van der Waals surface area contributed by atoms with Crippen molar-refractivity contribution in [3.8, 4) is 0 Å². The molecule has 2 aliphatic heterocycles. The average molecular weight is 734 g/mol. The average Bonchev–Trinajstić information content (AvgIpc) is 3.73. The fourth-order valence-corrected chi connectivity index (χ4v) is 5.39. The summed E-state index contributed by atoms with van der Waals surface area (Å²) >= 11 is 0. The number of rotatable bonds is 20. The Bertz CT molecular complexity index is 2030. The van der Waals surface area contributed by atoms with Crippen LogP contribution in [0.15, 0.2) is 60.7 Å². The van der Waals surface area contributed by atoms with Crippen molar-refractivity contribution >= 4 is 29.4 Å². The second kappa shape index (κ2) is 19.6. The summed E-state index contributed by atoms with van der Waals surface area (Å²) in [5.41, 5.74) is -1.03. The van der Waals surface area contributed by atoms with Gasteiger partial charge < -0.3 is 30.7 Å². The maximum atomic E-state index is 14.5. The molecule has 12 heteroatoms. The van der Waals surface area contributed by atoms with Gasteiger partial charge in [-0.3, -0.25) is 28.9 Å². The van der Waals surface area contributed by atoms with Crippen LogP contribution in [-0.4, -0.2) is 103 Å². The monoisotopic (exact) mass is 734 g/mol. The molecule has 5 atom stereocenters. The first-order valence-electron chi connectivity index (χ1n) is 24.1. The number of benzene rings is 2. The fourth-order valence-electron chi connectivity index (χ4n) is 5.39. The molecule has 0 aliphatic carbocycles. The number of nitrogens with zero attached hydrogens (tertiary/aromatic N) is 1. The van der Waals surface area contributed by atoms with Gasteiger partial charge in [0.25, 0.3) is 0 Å². The van der Waals surface area contributed by atoms with Gasteiger partial charge in [-0.05, 0) is 55.5 Å². The maximum absolute atomic E-state index is 14.5. The Hall–Kier alpha value is -4.13. The molecular formula is C40H57N5O7.